The Labute approximate surface area is 75.6 Å². The fourth-order valence-corrected chi connectivity index (χ4v) is 1.48. The molecule has 1 unspecified atom stereocenters. The van der Waals surface area contributed by atoms with Gasteiger partial charge in [0.1, 0.15) is 0 Å². The van der Waals surface area contributed by atoms with E-state index in [4.69, 9.17) is 0 Å². The molecule has 12 heavy (non-hydrogen) atoms. The third-order valence-electron chi connectivity index (χ3n) is 2.60. The number of rotatable bonds is 2. The fourth-order valence-electron chi connectivity index (χ4n) is 1.48. The van der Waals surface area contributed by atoms with Gasteiger partial charge >= 0.3 is 0 Å². The van der Waals surface area contributed by atoms with Gasteiger partial charge in [0.15, 0.2) is 0 Å². The Kier molecular flexibility index (Phi) is 3.12. The van der Waals surface area contributed by atoms with Gasteiger partial charge in [0.25, 0.3) is 0 Å². The first-order valence-electron chi connectivity index (χ1n) is 4.90. The molecule has 0 saturated heterocycles. The van der Waals surface area contributed by atoms with Gasteiger partial charge in [-0.05, 0) is 32.1 Å². The van der Waals surface area contributed by atoms with Crippen LogP contribution in [0.2, 0.25) is 0 Å². The summed E-state index contributed by atoms with van der Waals surface area (Å²) in [6, 6.07) is 0.544. The molecule has 2 nitrogen and oxygen atoms in total. The molecule has 0 bridgehead atoms. The van der Waals surface area contributed by atoms with Crippen molar-refractivity contribution in [2.75, 3.05) is 6.54 Å². The average Bonchev–Trinajstić information content (AvgIpc) is 2.04. The molecule has 0 aromatic rings. The quantitative estimate of drug-likeness (QED) is 0.618. The molecule has 0 saturated carbocycles. The maximum absolute atomic E-state index is 4.37. The van der Waals surface area contributed by atoms with Gasteiger partial charge in [0.05, 0.1) is 0 Å². The molecule has 2 heteroatoms. The molecule has 1 aliphatic heterocycles. The molecule has 0 aromatic carbocycles. The van der Waals surface area contributed by atoms with Crippen molar-refractivity contribution in [3.05, 3.63) is 0 Å². The summed E-state index contributed by atoms with van der Waals surface area (Å²) in [6.07, 6.45) is 3.22. The van der Waals surface area contributed by atoms with Gasteiger partial charge in [-0.3, -0.25) is 5.01 Å². The summed E-state index contributed by atoms with van der Waals surface area (Å²) < 4.78 is 0. The Hall–Kier alpha value is -0.530. The van der Waals surface area contributed by atoms with Gasteiger partial charge in [-0.25, -0.2) is 0 Å². The SMILES string of the molecule is CC(C)C1CC=NN(C(C)C)C1. The Morgan fingerprint density at radius 1 is 1.33 bits per heavy atom. The molecule has 0 spiro atoms. The lowest BCUT2D eigenvalue weighted by atomic mass is 9.92. The average molecular weight is 168 g/mol. The Morgan fingerprint density at radius 3 is 2.50 bits per heavy atom. The van der Waals surface area contributed by atoms with E-state index in [0.29, 0.717) is 6.04 Å². The van der Waals surface area contributed by atoms with Crippen LogP contribution >= 0.6 is 0 Å². The Bertz CT molecular complexity index is 161. The predicted molar refractivity (Wildman–Crippen MR) is 53.3 cm³/mol. The maximum Gasteiger partial charge on any atom is 0.0414 e. The summed E-state index contributed by atoms with van der Waals surface area (Å²) in [5.74, 6) is 1.57. The van der Waals surface area contributed by atoms with E-state index in [2.05, 4.69) is 44.0 Å². The molecule has 1 rings (SSSR count). The first-order chi connectivity index (χ1) is 5.61. The summed E-state index contributed by atoms with van der Waals surface area (Å²) in [5, 5.41) is 6.56. The normalized spacial score (nSPS) is 24.2. The van der Waals surface area contributed by atoms with Crippen molar-refractivity contribution in [2.45, 2.75) is 40.2 Å². The molecule has 70 valence electrons. The molecule has 0 radical (unpaired) electrons. The van der Waals surface area contributed by atoms with Crippen LogP contribution in [0.5, 0.6) is 0 Å². The van der Waals surface area contributed by atoms with Crippen molar-refractivity contribution < 1.29 is 0 Å². The third-order valence-corrected chi connectivity index (χ3v) is 2.60. The standard InChI is InChI=1S/C10H20N2/c1-8(2)10-5-6-11-12(7-10)9(3)4/h6,8-10H,5,7H2,1-4H3. The highest BCUT2D eigenvalue weighted by Crippen LogP contribution is 2.20. The predicted octanol–water partition coefficient (Wildman–Crippen LogP) is 2.36. The highest BCUT2D eigenvalue weighted by Gasteiger charge is 2.20. The van der Waals surface area contributed by atoms with E-state index in [1.165, 1.54) is 0 Å². The van der Waals surface area contributed by atoms with Gasteiger partial charge < -0.3 is 0 Å². The van der Waals surface area contributed by atoms with E-state index in [1.807, 2.05) is 0 Å². The lowest BCUT2D eigenvalue weighted by molar-refractivity contribution is 0.162. The van der Waals surface area contributed by atoms with Crippen LogP contribution in [0.1, 0.15) is 34.1 Å². The second-order valence-electron chi connectivity index (χ2n) is 4.25. The first kappa shape index (κ1) is 9.56. The van der Waals surface area contributed by atoms with E-state index < -0.39 is 0 Å². The van der Waals surface area contributed by atoms with Crippen LogP contribution in [0.25, 0.3) is 0 Å². The van der Waals surface area contributed by atoms with E-state index in [9.17, 15) is 0 Å². The van der Waals surface area contributed by atoms with Crippen molar-refractivity contribution in [3.8, 4) is 0 Å². The topological polar surface area (TPSA) is 15.6 Å². The molecule has 0 aliphatic carbocycles. The van der Waals surface area contributed by atoms with Crippen molar-refractivity contribution >= 4 is 6.21 Å². The molecule has 0 aromatic heterocycles. The zero-order valence-corrected chi connectivity index (χ0v) is 8.62. The van der Waals surface area contributed by atoms with E-state index in [-0.39, 0.29) is 0 Å². The molecule has 1 aliphatic rings. The van der Waals surface area contributed by atoms with Crippen molar-refractivity contribution in [2.24, 2.45) is 16.9 Å². The fraction of sp³-hybridized carbons (Fsp3) is 0.900. The Morgan fingerprint density at radius 2 is 2.00 bits per heavy atom. The Balaban J connectivity index is 2.51. The minimum atomic E-state index is 0.544. The molecule has 1 atom stereocenters. The zero-order valence-electron chi connectivity index (χ0n) is 8.62. The van der Waals surface area contributed by atoms with Crippen LogP contribution in [0, 0.1) is 11.8 Å². The number of hydrogen-bond donors (Lipinski definition) is 0. The van der Waals surface area contributed by atoms with Crippen LogP contribution in [0.15, 0.2) is 5.10 Å². The molecular weight excluding hydrogens is 148 g/mol. The number of hydrazone groups is 1. The first-order valence-corrected chi connectivity index (χ1v) is 4.90. The molecule has 1 heterocycles. The van der Waals surface area contributed by atoms with Crippen molar-refractivity contribution in [3.63, 3.8) is 0 Å². The van der Waals surface area contributed by atoms with E-state index in [0.717, 1.165) is 24.8 Å². The summed E-state index contributed by atoms with van der Waals surface area (Å²) in [5.41, 5.74) is 0. The largest absolute Gasteiger partial charge is 0.295 e. The van der Waals surface area contributed by atoms with Gasteiger partial charge in [0, 0.05) is 18.8 Å². The minimum Gasteiger partial charge on any atom is -0.295 e. The smallest absolute Gasteiger partial charge is 0.0414 e. The monoisotopic (exact) mass is 168 g/mol. The highest BCUT2D eigenvalue weighted by molar-refractivity contribution is 5.58. The van der Waals surface area contributed by atoms with Crippen molar-refractivity contribution in [1.82, 2.24) is 5.01 Å². The summed E-state index contributed by atoms with van der Waals surface area (Å²) >= 11 is 0. The van der Waals surface area contributed by atoms with Crippen LogP contribution in [0.3, 0.4) is 0 Å². The third kappa shape index (κ3) is 2.23. The lowest BCUT2D eigenvalue weighted by Gasteiger charge is -2.33. The second-order valence-corrected chi connectivity index (χ2v) is 4.25. The zero-order chi connectivity index (χ0) is 9.14. The summed E-state index contributed by atoms with van der Waals surface area (Å²) in [7, 11) is 0. The van der Waals surface area contributed by atoms with Crippen LogP contribution in [-0.4, -0.2) is 23.8 Å². The molecule has 0 fully saturated rings. The van der Waals surface area contributed by atoms with Gasteiger partial charge in [-0.1, -0.05) is 13.8 Å². The summed E-state index contributed by atoms with van der Waals surface area (Å²) in [4.78, 5) is 0. The number of nitrogens with zero attached hydrogens (tertiary/aromatic N) is 2. The summed E-state index contributed by atoms with van der Waals surface area (Å²) in [6.45, 7) is 10.1. The maximum atomic E-state index is 4.37. The van der Waals surface area contributed by atoms with Crippen LogP contribution in [0.4, 0.5) is 0 Å². The van der Waals surface area contributed by atoms with Crippen LogP contribution < -0.4 is 0 Å². The molecule has 0 N–H and O–H groups in total. The van der Waals surface area contributed by atoms with Gasteiger partial charge in [-0.2, -0.15) is 5.10 Å². The molecule has 0 amide bonds. The van der Waals surface area contributed by atoms with Crippen molar-refractivity contribution in [1.29, 1.82) is 0 Å². The van der Waals surface area contributed by atoms with Gasteiger partial charge in [0.2, 0.25) is 0 Å². The van der Waals surface area contributed by atoms with Crippen LogP contribution in [-0.2, 0) is 0 Å². The van der Waals surface area contributed by atoms with E-state index >= 15 is 0 Å². The van der Waals surface area contributed by atoms with Gasteiger partial charge in [-0.15, -0.1) is 0 Å². The number of hydrogen-bond acceptors (Lipinski definition) is 2. The second kappa shape index (κ2) is 3.92. The minimum absolute atomic E-state index is 0.544. The highest BCUT2D eigenvalue weighted by atomic mass is 15.5. The lowest BCUT2D eigenvalue weighted by Crippen LogP contribution is -2.36. The van der Waals surface area contributed by atoms with E-state index in [1.54, 1.807) is 0 Å². The molecular formula is C10H20N2.